The van der Waals surface area contributed by atoms with Gasteiger partial charge in [-0.15, -0.1) is 0 Å². The number of rotatable bonds is 3. The van der Waals surface area contributed by atoms with Gasteiger partial charge in [-0.3, -0.25) is 4.98 Å². The maximum absolute atomic E-state index is 4.31. The Morgan fingerprint density at radius 3 is 2.93 bits per heavy atom. The van der Waals surface area contributed by atoms with Crippen LogP contribution in [0.5, 0.6) is 0 Å². The Balaban J connectivity index is 2.35. The van der Waals surface area contributed by atoms with Gasteiger partial charge in [0.1, 0.15) is 5.52 Å². The van der Waals surface area contributed by atoms with Crippen LogP contribution in [0.2, 0.25) is 0 Å². The van der Waals surface area contributed by atoms with Crippen LogP contribution in [0.4, 0.5) is 0 Å². The second kappa shape index (κ2) is 4.28. The molecule has 5 heteroatoms. The van der Waals surface area contributed by atoms with Gasteiger partial charge in [-0.2, -0.15) is 0 Å². The summed E-state index contributed by atoms with van der Waals surface area (Å²) in [6, 6.07) is 0. The van der Waals surface area contributed by atoms with E-state index in [1.165, 1.54) is 0 Å². The number of imidazole rings is 1. The molecule has 0 spiro atoms. The number of hydrogen-bond acceptors (Lipinski definition) is 3. The van der Waals surface area contributed by atoms with Crippen molar-refractivity contribution < 1.29 is 0 Å². The number of pyridine rings is 1. The van der Waals surface area contributed by atoms with Gasteiger partial charge in [0.2, 0.25) is 0 Å². The fourth-order valence-electron chi connectivity index (χ4n) is 1.46. The van der Waals surface area contributed by atoms with E-state index in [4.69, 9.17) is 0 Å². The molecule has 15 heavy (non-hydrogen) atoms. The van der Waals surface area contributed by atoms with Gasteiger partial charge in [-0.1, -0.05) is 0 Å². The largest absolute Gasteiger partial charge is 0.328 e. The minimum atomic E-state index is 0.933. The molecule has 0 amide bonds. The summed E-state index contributed by atoms with van der Waals surface area (Å²) in [7, 11) is 4.13. The Bertz CT molecular complexity index is 463. The minimum Gasteiger partial charge on any atom is -0.328 e. The molecule has 80 valence electrons. The third-order valence-corrected chi connectivity index (χ3v) is 2.85. The van der Waals surface area contributed by atoms with Crippen molar-refractivity contribution in [3.63, 3.8) is 0 Å². The second-order valence-electron chi connectivity index (χ2n) is 3.73. The molecule has 4 nitrogen and oxygen atoms in total. The van der Waals surface area contributed by atoms with Crippen LogP contribution in [0.1, 0.15) is 0 Å². The summed E-state index contributed by atoms with van der Waals surface area (Å²) < 4.78 is 3.14. The van der Waals surface area contributed by atoms with Crippen LogP contribution in [0.25, 0.3) is 11.0 Å². The lowest BCUT2D eigenvalue weighted by molar-refractivity contribution is 0.386. The zero-order valence-electron chi connectivity index (χ0n) is 8.81. The maximum Gasteiger partial charge on any atom is 0.108 e. The predicted octanol–water partition coefficient (Wildman–Crippen LogP) is 1.76. The first-order valence-corrected chi connectivity index (χ1v) is 5.57. The zero-order valence-corrected chi connectivity index (χ0v) is 10.4. The van der Waals surface area contributed by atoms with Crippen molar-refractivity contribution in [2.45, 2.75) is 6.54 Å². The van der Waals surface area contributed by atoms with Crippen LogP contribution in [-0.2, 0) is 6.54 Å². The minimum absolute atomic E-state index is 0.933. The van der Waals surface area contributed by atoms with Crippen molar-refractivity contribution in [2.24, 2.45) is 0 Å². The first-order valence-electron chi connectivity index (χ1n) is 4.77. The molecule has 0 saturated heterocycles. The highest BCUT2D eigenvalue weighted by Crippen LogP contribution is 2.21. The third kappa shape index (κ3) is 2.18. The zero-order chi connectivity index (χ0) is 10.8. The van der Waals surface area contributed by atoms with Gasteiger partial charge in [0.15, 0.2) is 0 Å². The summed E-state index contributed by atoms with van der Waals surface area (Å²) in [4.78, 5) is 10.6. The van der Waals surface area contributed by atoms with Gasteiger partial charge in [-0.25, -0.2) is 4.98 Å². The highest BCUT2D eigenvalue weighted by atomic mass is 79.9. The van der Waals surface area contributed by atoms with E-state index in [-0.39, 0.29) is 0 Å². The van der Waals surface area contributed by atoms with Gasteiger partial charge < -0.3 is 9.47 Å². The fourth-order valence-corrected chi connectivity index (χ4v) is 2.01. The lowest BCUT2D eigenvalue weighted by Gasteiger charge is -2.10. The Hall–Kier alpha value is -0.940. The summed E-state index contributed by atoms with van der Waals surface area (Å²) in [5.41, 5.74) is 2.05. The first kappa shape index (κ1) is 10.6. The number of hydrogen-bond donors (Lipinski definition) is 0. The van der Waals surface area contributed by atoms with Crippen LogP contribution in [0.15, 0.2) is 23.2 Å². The van der Waals surface area contributed by atoms with Crippen LogP contribution < -0.4 is 0 Å². The predicted molar refractivity (Wildman–Crippen MR) is 63.8 cm³/mol. The first-order chi connectivity index (χ1) is 7.18. The third-order valence-electron chi connectivity index (χ3n) is 2.27. The normalized spacial score (nSPS) is 11.5. The van der Waals surface area contributed by atoms with Crippen molar-refractivity contribution >= 4 is 27.0 Å². The molecule has 0 saturated carbocycles. The summed E-state index contributed by atoms with van der Waals surface area (Å²) in [6.07, 6.45) is 5.45. The van der Waals surface area contributed by atoms with E-state index >= 15 is 0 Å². The van der Waals surface area contributed by atoms with Crippen molar-refractivity contribution in [3.05, 3.63) is 23.2 Å². The van der Waals surface area contributed by atoms with Crippen molar-refractivity contribution in [3.8, 4) is 0 Å². The van der Waals surface area contributed by atoms with Gasteiger partial charge in [0, 0.05) is 19.3 Å². The monoisotopic (exact) mass is 268 g/mol. The van der Waals surface area contributed by atoms with E-state index in [0.29, 0.717) is 0 Å². The number of likely N-dealkylation sites (N-methyl/N-ethyl adjacent to an activating group) is 1. The fraction of sp³-hybridized carbons (Fsp3) is 0.400. The summed E-state index contributed by atoms with van der Waals surface area (Å²) in [5, 5.41) is 0. The van der Waals surface area contributed by atoms with Gasteiger partial charge in [-0.05, 0) is 30.0 Å². The smallest absolute Gasteiger partial charge is 0.108 e. The molecular weight excluding hydrogens is 256 g/mol. The SMILES string of the molecule is CN(C)CCn1cnc2cncc(Br)c21. The summed E-state index contributed by atoms with van der Waals surface area (Å²) >= 11 is 3.50. The number of halogens is 1. The molecule has 2 aromatic heterocycles. The van der Waals surface area contributed by atoms with Crippen LogP contribution >= 0.6 is 15.9 Å². The molecule has 2 rings (SSSR count). The number of nitrogens with zero attached hydrogens (tertiary/aromatic N) is 4. The van der Waals surface area contributed by atoms with Crippen molar-refractivity contribution in [2.75, 3.05) is 20.6 Å². The second-order valence-corrected chi connectivity index (χ2v) is 4.58. The van der Waals surface area contributed by atoms with E-state index in [0.717, 1.165) is 28.6 Å². The van der Waals surface area contributed by atoms with Crippen molar-refractivity contribution in [1.29, 1.82) is 0 Å². The Morgan fingerprint density at radius 1 is 1.40 bits per heavy atom. The lowest BCUT2D eigenvalue weighted by Crippen LogP contribution is -2.18. The maximum atomic E-state index is 4.31. The molecule has 0 aromatic carbocycles. The van der Waals surface area contributed by atoms with Crippen LogP contribution in [0.3, 0.4) is 0 Å². The van der Waals surface area contributed by atoms with E-state index in [1.54, 1.807) is 12.4 Å². The molecule has 0 atom stereocenters. The summed E-state index contributed by atoms with van der Waals surface area (Å²) in [6.45, 7) is 1.94. The molecule has 2 aromatic rings. The topological polar surface area (TPSA) is 34.0 Å². The molecule has 0 aliphatic carbocycles. The molecule has 0 N–H and O–H groups in total. The average molecular weight is 269 g/mol. The molecule has 0 aliphatic rings. The molecule has 0 bridgehead atoms. The molecule has 2 heterocycles. The van der Waals surface area contributed by atoms with E-state index < -0.39 is 0 Å². The van der Waals surface area contributed by atoms with Crippen molar-refractivity contribution in [1.82, 2.24) is 19.4 Å². The highest BCUT2D eigenvalue weighted by Gasteiger charge is 2.06. The van der Waals surface area contributed by atoms with Crippen LogP contribution in [0, 0.1) is 0 Å². The average Bonchev–Trinajstić information content (AvgIpc) is 2.59. The molecule has 0 aliphatic heterocycles. The van der Waals surface area contributed by atoms with Gasteiger partial charge in [0.25, 0.3) is 0 Å². The molecule has 0 radical (unpaired) electrons. The standard InChI is InChI=1S/C10H13BrN4/c1-14(2)3-4-15-7-13-9-6-12-5-8(11)10(9)15/h5-7H,3-4H2,1-2H3. The van der Waals surface area contributed by atoms with Gasteiger partial charge in [0.05, 0.1) is 22.5 Å². The number of fused-ring (bicyclic) bond motifs is 1. The van der Waals surface area contributed by atoms with Crippen LogP contribution in [-0.4, -0.2) is 40.1 Å². The van der Waals surface area contributed by atoms with Gasteiger partial charge >= 0.3 is 0 Å². The Morgan fingerprint density at radius 2 is 2.20 bits per heavy atom. The van der Waals surface area contributed by atoms with E-state index in [9.17, 15) is 0 Å². The Labute approximate surface area is 97.1 Å². The Kier molecular flexibility index (Phi) is 3.02. The molecule has 0 unspecified atom stereocenters. The van der Waals surface area contributed by atoms with E-state index in [2.05, 4.69) is 49.5 Å². The quantitative estimate of drug-likeness (QED) is 0.851. The number of aromatic nitrogens is 3. The molecule has 0 fully saturated rings. The lowest BCUT2D eigenvalue weighted by atomic mass is 10.4. The summed E-state index contributed by atoms with van der Waals surface area (Å²) in [5.74, 6) is 0. The van der Waals surface area contributed by atoms with E-state index in [1.807, 2.05) is 6.33 Å². The highest BCUT2D eigenvalue weighted by molar-refractivity contribution is 9.10. The molecular formula is C10H13BrN4.